The van der Waals surface area contributed by atoms with E-state index in [1.807, 2.05) is 66.7 Å². The van der Waals surface area contributed by atoms with Gasteiger partial charge in [0.25, 0.3) is 0 Å². The van der Waals surface area contributed by atoms with E-state index in [4.69, 9.17) is 4.52 Å². The minimum Gasteiger partial charge on any atom is -0.359 e. The number of benzene rings is 2. The van der Waals surface area contributed by atoms with E-state index >= 15 is 0 Å². The second-order valence-corrected chi connectivity index (χ2v) is 7.30. The van der Waals surface area contributed by atoms with Crippen LogP contribution in [-0.4, -0.2) is 29.1 Å². The highest BCUT2D eigenvalue weighted by Gasteiger charge is 2.25. The first kappa shape index (κ1) is 18.4. The monoisotopic (exact) mass is 375 g/mol. The zero-order valence-corrected chi connectivity index (χ0v) is 15.9. The molecule has 1 aromatic heterocycles. The van der Waals surface area contributed by atoms with E-state index < -0.39 is 0 Å². The number of amides is 1. The number of hydrogen-bond donors (Lipinski definition) is 1. The molecule has 28 heavy (non-hydrogen) atoms. The summed E-state index contributed by atoms with van der Waals surface area (Å²) in [6.07, 6.45) is 1.75. The number of carbonyl (C=O) groups excluding carboxylic acids is 1. The zero-order valence-electron chi connectivity index (χ0n) is 15.9. The van der Waals surface area contributed by atoms with Gasteiger partial charge in [0, 0.05) is 24.1 Å². The molecule has 0 bridgehead atoms. The van der Waals surface area contributed by atoms with Gasteiger partial charge in [-0.2, -0.15) is 0 Å². The number of likely N-dealkylation sites (tertiary alicyclic amines) is 1. The number of nitrogens with one attached hydrogen (secondary N) is 1. The molecular formula is C23H25N3O2. The summed E-state index contributed by atoms with van der Waals surface area (Å²) in [4.78, 5) is 14.8. The molecule has 2 aromatic carbocycles. The number of rotatable bonds is 6. The van der Waals surface area contributed by atoms with Crippen molar-refractivity contribution >= 4 is 5.91 Å². The van der Waals surface area contributed by atoms with Crippen LogP contribution in [0.4, 0.5) is 0 Å². The fourth-order valence-electron chi connectivity index (χ4n) is 3.64. The van der Waals surface area contributed by atoms with Gasteiger partial charge in [-0.15, -0.1) is 0 Å². The van der Waals surface area contributed by atoms with E-state index in [0.29, 0.717) is 6.54 Å². The molecule has 0 spiro atoms. The molecule has 1 amide bonds. The van der Waals surface area contributed by atoms with Crippen LogP contribution in [0.15, 0.2) is 71.3 Å². The van der Waals surface area contributed by atoms with Gasteiger partial charge in [-0.25, -0.2) is 0 Å². The van der Waals surface area contributed by atoms with Crippen molar-refractivity contribution < 1.29 is 9.32 Å². The molecule has 0 unspecified atom stereocenters. The first-order chi connectivity index (χ1) is 13.8. The summed E-state index contributed by atoms with van der Waals surface area (Å²) in [7, 11) is 0. The second kappa shape index (κ2) is 8.85. The topological polar surface area (TPSA) is 58.4 Å². The van der Waals surface area contributed by atoms with Crippen LogP contribution in [-0.2, 0) is 17.9 Å². The van der Waals surface area contributed by atoms with Crippen LogP contribution in [0.5, 0.6) is 0 Å². The summed E-state index contributed by atoms with van der Waals surface area (Å²) in [5.41, 5.74) is 3.06. The number of piperidine rings is 1. The Bertz CT molecular complexity index is 884. The number of nitrogens with zero attached hydrogens (tertiary/aromatic N) is 2. The lowest BCUT2D eigenvalue weighted by atomic mass is 9.95. The lowest BCUT2D eigenvalue weighted by molar-refractivity contribution is -0.126. The SMILES string of the molecule is O=C(NCc1ccccc1)C1CCN(Cc2cc(-c3ccccc3)no2)CC1. The zero-order chi connectivity index (χ0) is 19.2. The molecule has 2 heterocycles. The van der Waals surface area contributed by atoms with Crippen molar-refractivity contribution in [2.45, 2.75) is 25.9 Å². The van der Waals surface area contributed by atoms with Crippen LogP contribution in [0.2, 0.25) is 0 Å². The third-order valence-corrected chi connectivity index (χ3v) is 5.28. The molecule has 1 aliphatic rings. The molecule has 0 radical (unpaired) electrons. The maximum atomic E-state index is 12.4. The van der Waals surface area contributed by atoms with E-state index in [1.165, 1.54) is 0 Å². The quantitative estimate of drug-likeness (QED) is 0.711. The van der Waals surface area contributed by atoms with Gasteiger partial charge in [0.2, 0.25) is 5.91 Å². The van der Waals surface area contributed by atoms with Gasteiger partial charge in [-0.1, -0.05) is 65.8 Å². The molecule has 5 nitrogen and oxygen atoms in total. The van der Waals surface area contributed by atoms with Crippen molar-refractivity contribution in [3.05, 3.63) is 78.1 Å². The Morgan fingerprint density at radius 2 is 1.71 bits per heavy atom. The molecule has 0 atom stereocenters. The van der Waals surface area contributed by atoms with E-state index in [2.05, 4.69) is 15.4 Å². The highest BCUT2D eigenvalue weighted by molar-refractivity contribution is 5.78. The average Bonchev–Trinajstić information content (AvgIpc) is 3.22. The number of aromatic nitrogens is 1. The highest BCUT2D eigenvalue weighted by atomic mass is 16.5. The van der Waals surface area contributed by atoms with E-state index in [-0.39, 0.29) is 11.8 Å². The summed E-state index contributed by atoms with van der Waals surface area (Å²) < 4.78 is 5.51. The summed E-state index contributed by atoms with van der Waals surface area (Å²) in [5, 5.41) is 7.25. The first-order valence-corrected chi connectivity index (χ1v) is 9.83. The summed E-state index contributed by atoms with van der Waals surface area (Å²) in [6, 6.07) is 22.1. The van der Waals surface area contributed by atoms with Gasteiger partial charge in [0.15, 0.2) is 5.76 Å². The predicted octanol–water partition coefficient (Wildman–Crippen LogP) is 3.87. The van der Waals surface area contributed by atoms with Gasteiger partial charge in [-0.05, 0) is 31.5 Å². The largest absolute Gasteiger partial charge is 0.359 e. The normalized spacial score (nSPS) is 15.4. The van der Waals surface area contributed by atoms with Gasteiger partial charge < -0.3 is 9.84 Å². The Balaban J connectivity index is 1.24. The smallest absolute Gasteiger partial charge is 0.223 e. The van der Waals surface area contributed by atoms with E-state index in [0.717, 1.165) is 55.1 Å². The number of carbonyl (C=O) groups is 1. The van der Waals surface area contributed by atoms with Crippen LogP contribution >= 0.6 is 0 Å². The summed E-state index contributed by atoms with van der Waals surface area (Å²) >= 11 is 0. The summed E-state index contributed by atoms with van der Waals surface area (Å²) in [6.45, 7) is 3.12. The van der Waals surface area contributed by atoms with Crippen molar-refractivity contribution in [1.29, 1.82) is 0 Å². The van der Waals surface area contributed by atoms with Crippen molar-refractivity contribution in [2.75, 3.05) is 13.1 Å². The molecule has 1 saturated heterocycles. The van der Waals surface area contributed by atoms with Crippen molar-refractivity contribution in [2.24, 2.45) is 5.92 Å². The Hall–Kier alpha value is -2.92. The van der Waals surface area contributed by atoms with Crippen LogP contribution < -0.4 is 5.32 Å². The maximum absolute atomic E-state index is 12.4. The van der Waals surface area contributed by atoms with Crippen LogP contribution in [0.25, 0.3) is 11.3 Å². The molecule has 1 aliphatic heterocycles. The van der Waals surface area contributed by atoms with E-state index in [1.54, 1.807) is 0 Å². The number of hydrogen-bond acceptors (Lipinski definition) is 4. The van der Waals surface area contributed by atoms with Crippen LogP contribution in [0, 0.1) is 5.92 Å². The fraction of sp³-hybridized carbons (Fsp3) is 0.304. The molecule has 1 N–H and O–H groups in total. The van der Waals surface area contributed by atoms with Crippen LogP contribution in [0.3, 0.4) is 0 Å². The lowest BCUT2D eigenvalue weighted by Gasteiger charge is -2.30. The standard InChI is InChI=1S/C23H25N3O2/c27-23(24-16-18-7-3-1-4-8-18)20-11-13-26(14-12-20)17-21-15-22(25-28-21)19-9-5-2-6-10-19/h1-10,15,20H,11-14,16-17H2,(H,24,27). The molecule has 4 rings (SSSR count). The van der Waals surface area contributed by atoms with Gasteiger partial charge in [-0.3, -0.25) is 9.69 Å². The predicted molar refractivity (Wildman–Crippen MR) is 108 cm³/mol. The van der Waals surface area contributed by atoms with Gasteiger partial charge in [0.1, 0.15) is 5.69 Å². The van der Waals surface area contributed by atoms with Crippen molar-refractivity contribution in [1.82, 2.24) is 15.4 Å². The Morgan fingerprint density at radius 1 is 1.04 bits per heavy atom. The molecule has 1 fully saturated rings. The van der Waals surface area contributed by atoms with Crippen molar-refractivity contribution in [3.63, 3.8) is 0 Å². The Kier molecular flexibility index (Phi) is 5.83. The van der Waals surface area contributed by atoms with Gasteiger partial charge >= 0.3 is 0 Å². The highest BCUT2D eigenvalue weighted by Crippen LogP contribution is 2.22. The first-order valence-electron chi connectivity index (χ1n) is 9.83. The molecular weight excluding hydrogens is 350 g/mol. The second-order valence-electron chi connectivity index (χ2n) is 7.30. The molecule has 144 valence electrons. The minimum absolute atomic E-state index is 0.0922. The molecule has 0 saturated carbocycles. The third kappa shape index (κ3) is 4.67. The van der Waals surface area contributed by atoms with Crippen LogP contribution in [0.1, 0.15) is 24.2 Å². The Morgan fingerprint density at radius 3 is 2.43 bits per heavy atom. The minimum atomic E-state index is 0.0922. The maximum Gasteiger partial charge on any atom is 0.223 e. The molecule has 0 aliphatic carbocycles. The van der Waals surface area contributed by atoms with Gasteiger partial charge in [0.05, 0.1) is 6.54 Å². The third-order valence-electron chi connectivity index (χ3n) is 5.28. The lowest BCUT2D eigenvalue weighted by Crippen LogP contribution is -2.40. The molecule has 5 heteroatoms. The molecule has 3 aromatic rings. The van der Waals surface area contributed by atoms with Crippen molar-refractivity contribution in [3.8, 4) is 11.3 Å². The fourth-order valence-corrected chi connectivity index (χ4v) is 3.64. The van der Waals surface area contributed by atoms with E-state index in [9.17, 15) is 4.79 Å². The Labute approximate surface area is 165 Å². The summed E-state index contributed by atoms with van der Waals surface area (Å²) in [5.74, 6) is 1.12. The average molecular weight is 375 g/mol.